The number of aliphatic carboxylic acids is 1. The van der Waals surface area contributed by atoms with Gasteiger partial charge in [-0.25, -0.2) is 0 Å². The monoisotopic (exact) mass is 326 g/mol. The van der Waals surface area contributed by atoms with Crippen molar-refractivity contribution >= 4 is 5.97 Å². The summed E-state index contributed by atoms with van der Waals surface area (Å²) in [7, 11) is 3.30. The third-order valence-corrected chi connectivity index (χ3v) is 4.87. The van der Waals surface area contributed by atoms with Crippen LogP contribution < -0.4 is 9.47 Å². The predicted molar refractivity (Wildman–Crippen MR) is 92.0 cm³/mol. The van der Waals surface area contributed by atoms with Crippen LogP contribution in [0.5, 0.6) is 11.5 Å². The van der Waals surface area contributed by atoms with Crippen molar-refractivity contribution in [2.75, 3.05) is 14.2 Å². The molecular formula is C20H22O4. The molecule has 0 aliphatic heterocycles. The molecule has 0 heterocycles. The number of carboxylic acids is 1. The van der Waals surface area contributed by atoms with Crippen LogP contribution in [0, 0.1) is 12.8 Å². The van der Waals surface area contributed by atoms with Crippen LogP contribution in [0.15, 0.2) is 36.4 Å². The van der Waals surface area contributed by atoms with Gasteiger partial charge in [-0.1, -0.05) is 30.3 Å². The van der Waals surface area contributed by atoms with Gasteiger partial charge in [-0.15, -0.1) is 0 Å². The Kier molecular flexibility index (Phi) is 4.47. The summed E-state index contributed by atoms with van der Waals surface area (Å²) in [6.07, 6.45) is 1.03. The summed E-state index contributed by atoms with van der Waals surface area (Å²) in [5.74, 6) is 0.380. The lowest BCUT2D eigenvalue weighted by Gasteiger charge is -2.33. The van der Waals surface area contributed by atoms with Crippen molar-refractivity contribution in [2.45, 2.75) is 25.7 Å². The molecule has 4 heteroatoms. The van der Waals surface area contributed by atoms with Gasteiger partial charge in [0.2, 0.25) is 0 Å². The molecule has 0 spiro atoms. The topological polar surface area (TPSA) is 55.8 Å². The molecule has 126 valence electrons. The summed E-state index contributed by atoms with van der Waals surface area (Å²) < 4.78 is 11.2. The highest BCUT2D eigenvalue weighted by Gasteiger charge is 2.36. The first-order valence-electron chi connectivity index (χ1n) is 8.08. The van der Waals surface area contributed by atoms with Gasteiger partial charge in [0.1, 0.15) is 11.5 Å². The zero-order chi connectivity index (χ0) is 17.3. The number of hydrogen-bond donors (Lipinski definition) is 1. The van der Waals surface area contributed by atoms with E-state index < -0.39 is 11.9 Å². The average Bonchev–Trinajstić information content (AvgIpc) is 2.60. The van der Waals surface area contributed by atoms with Crippen molar-refractivity contribution in [3.05, 3.63) is 58.7 Å². The van der Waals surface area contributed by atoms with Crippen LogP contribution in [0.2, 0.25) is 0 Å². The minimum absolute atomic E-state index is 0.0141. The lowest BCUT2D eigenvalue weighted by molar-refractivity contribution is -0.142. The SMILES string of the molecule is COc1cc(C)c(OC)c2c1C[C@@H](C(=O)O)C[C@H]2c1ccccc1. The van der Waals surface area contributed by atoms with E-state index in [4.69, 9.17) is 9.47 Å². The Balaban J connectivity index is 2.25. The van der Waals surface area contributed by atoms with Gasteiger partial charge in [0.25, 0.3) is 0 Å². The van der Waals surface area contributed by atoms with Crippen LogP contribution in [0.1, 0.15) is 34.6 Å². The second-order valence-electron chi connectivity index (χ2n) is 6.26. The van der Waals surface area contributed by atoms with Crippen molar-refractivity contribution in [3.8, 4) is 11.5 Å². The number of carboxylic acid groups (broad SMARTS) is 1. The van der Waals surface area contributed by atoms with Crippen LogP contribution in [-0.2, 0) is 11.2 Å². The van der Waals surface area contributed by atoms with E-state index in [1.54, 1.807) is 14.2 Å². The molecule has 1 aliphatic rings. The van der Waals surface area contributed by atoms with Crippen LogP contribution in [0.25, 0.3) is 0 Å². The summed E-state index contributed by atoms with van der Waals surface area (Å²) in [6, 6.07) is 12.0. The summed E-state index contributed by atoms with van der Waals surface area (Å²) in [5.41, 5.74) is 4.13. The Labute approximate surface area is 142 Å². The minimum atomic E-state index is -0.761. The largest absolute Gasteiger partial charge is 0.496 e. The summed E-state index contributed by atoms with van der Waals surface area (Å²) >= 11 is 0. The molecule has 1 aliphatic carbocycles. The molecule has 1 N–H and O–H groups in total. The molecule has 0 fully saturated rings. The molecule has 2 atom stereocenters. The molecular weight excluding hydrogens is 304 g/mol. The highest BCUT2D eigenvalue weighted by Crippen LogP contribution is 2.48. The van der Waals surface area contributed by atoms with Crippen molar-refractivity contribution in [2.24, 2.45) is 5.92 Å². The zero-order valence-corrected chi connectivity index (χ0v) is 14.2. The highest BCUT2D eigenvalue weighted by molar-refractivity contribution is 5.73. The molecule has 0 amide bonds. The highest BCUT2D eigenvalue weighted by atomic mass is 16.5. The number of methoxy groups -OCH3 is 2. The first kappa shape index (κ1) is 16.4. The zero-order valence-electron chi connectivity index (χ0n) is 14.2. The molecule has 0 saturated carbocycles. The van der Waals surface area contributed by atoms with Crippen molar-refractivity contribution in [1.82, 2.24) is 0 Å². The Morgan fingerprint density at radius 2 is 1.88 bits per heavy atom. The molecule has 0 saturated heterocycles. The number of carbonyl (C=O) groups is 1. The number of rotatable bonds is 4. The van der Waals surface area contributed by atoms with Crippen LogP contribution in [0.4, 0.5) is 0 Å². The number of benzene rings is 2. The number of aryl methyl sites for hydroxylation is 1. The Morgan fingerprint density at radius 1 is 1.17 bits per heavy atom. The van der Waals surface area contributed by atoms with Crippen molar-refractivity contribution < 1.29 is 19.4 Å². The third-order valence-electron chi connectivity index (χ3n) is 4.87. The Morgan fingerprint density at radius 3 is 2.46 bits per heavy atom. The fourth-order valence-electron chi connectivity index (χ4n) is 3.77. The van der Waals surface area contributed by atoms with Gasteiger partial charge >= 0.3 is 5.97 Å². The van der Waals surface area contributed by atoms with E-state index >= 15 is 0 Å². The first-order valence-corrected chi connectivity index (χ1v) is 8.08. The average molecular weight is 326 g/mol. The maximum Gasteiger partial charge on any atom is 0.306 e. The standard InChI is InChI=1S/C20H22O4/c1-12-9-17(23-2)16-11-14(20(21)22)10-15(18(16)19(12)24-3)13-7-5-4-6-8-13/h4-9,14-15H,10-11H2,1-3H3,(H,21,22)/t14-,15-/m0/s1. The maximum atomic E-state index is 11.7. The second kappa shape index (κ2) is 6.56. The smallest absolute Gasteiger partial charge is 0.306 e. The lowest BCUT2D eigenvalue weighted by Crippen LogP contribution is -2.27. The van der Waals surface area contributed by atoms with Gasteiger partial charge in [0, 0.05) is 17.0 Å². The van der Waals surface area contributed by atoms with E-state index in [9.17, 15) is 9.90 Å². The molecule has 0 aromatic heterocycles. The summed E-state index contributed by atoms with van der Waals surface area (Å²) in [5, 5.41) is 9.60. The van der Waals surface area contributed by atoms with Gasteiger partial charge in [-0.3, -0.25) is 4.79 Å². The van der Waals surface area contributed by atoms with E-state index in [0.29, 0.717) is 12.8 Å². The Hall–Kier alpha value is -2.49. The second-order valence-corrected chi connectivity index (χ2v) is 6.26. The van der Waals surface area contributed by atoms with Crippen LogP contribution >= 0.6 is 0 Å². The van der Waals surface area contributed by atoms with Crippen molar-refractivity contribution in [3.63, 3.8) is 0 Å². The quantitative estimate of drug-likeness (QED) is 0.929. The molecule has 24 heavy (non-hydrogen) atoms. The van der Waals surface area contributed by atoms with Crippen LogP contribution in [-0.4, -0.2) is 25.3 Å². The number of hydrogen-bond acceptors (Lipinski definition) is 3. The molecule has 2 aromatic carbocycles. The third kappa shape index (κ3) is 2.73. The molecule has 0 bridgehead atoms. The summed E-state index contributed by atoms with van der Waals surface area (Å²) in [4.78, 5) is 11.7. The lowest BCUT2D eigenvalue weighted by atomic mass is 9.72. The summed E-state index contributed by atoms with van der Waals surface area (Å²) in [6.45, 7) is 1.99. The van der Waals surface area contributed by atoms with E-state index in [1.807, 2.05) is 43.3 Å². The molecule has 0 unspecified atom stereocenters. The van der Waals surface area contributed by atoms with Gasteiger partial charge < -0.3 is 14.6 Å². The maximum absolute atomic E-state index is 11.7. The molecule has 2 aromatic rings. The molecule has 3 rings (SSSR count). The van der Waals surface area contributed by atoms with Gasteiger partial charge in [0.05, 0.1) is 20.1 Å². The first-order chi connectivity index (χ1) is 11.6. The fraction of sp³-hybridized carbons (Fsp3) is 0.350. The number of ether oxygens (including phenoxy) is 2. The van der Waals surface area contributed by atoms with E-state index in [-0.39, 0.29) is 5.92 Å². The number of fused-ring (bicyclic) bond motifs is 1. The minimum Gasteiger partial charge on any atom is -0.496 e. The van der Waals surface area contributed by atoms with Crippen LogP contribution in [0.3, 0.4) is 0 Å². The van der Waals surface area contributed by atoms with Gasteiger partial charge in [-0.05, 0) is 37.0 Å². The predicted octanol–water partition coefficient (Wildman–Crippen LogP) is 3.79. The Bertz CT molecular complexity index is 752. The van der Waals surface area contributed by atoms with E-state index in [0.717, 1.165) is 33.8 Å². The van der Waals surface area contributed by atoms with Gasteiger partial charge in [-0.2, -0.15) is 0 Å². The van der Waals surface area contributed by atoms with E-state index in [1.165, 1.54) is 0 Å². The van der Waals surface area contributed by atoms with Crippen molar-refractivity contribution in [1.29, 1.82) is 0 Å². The van der Waals surface area contributed by atoms with Gasteiger partial charge in [0.15, 0.2) is 0 Å². The molecule has 4 nitrogen and oxygen atoms in total. The molecule has 0 radical (unpaired) electrons. The fourth-order valence-corrected chi connectivity index (χ4v) is 3.77. The normalized spacial score (nSPS) is 19.5. The van der Waals surface area contributed by atoms with E-state index in [2.05, 4.69) is 0 Å².